The van der Waals surface area contributed by atoms with Gasteiger partial charge in [-0.15, -0.1) is 0 Å². The fourth-order valence-corrected chi connectivity index (χ4v) is 1.83. The lowest BCUT2D eigenvalue weighted by molar-refractivity contribution is 0.842. The maximum atomic E-state index is 4.59. The molecule has 18 heavy (non-hydrogen) atoms. The van der Waals surface area contributed by atoms with Crippen LogP contribution in [-0.2, 0) is 12.8 Å². The van der Waals surface area contributed by atoms with Gasteiger partial charge in [0.1, 0.15) is 11.6 Å². The summed E-state index contributed by atoms with van der Waals surface area (Å²) >= 11 is 0. The Kier molecular flexibility index (Phi) is 4.23. The molecule has 0 aliphatic heterocycles. The van der Waals surface area contributed by atoms with Crippen molar-refractivity contribution in [3.63, 3.8) is 0 Å². The van der Waals surface area contributed by atoms with Gasteiger partial charge in [0.15, 0.2) is 0 Å². The standard InChI is InChI=1S/C14H18N4/c1-3-4-12-10-13(15-2)18-14(17-12)9-11-5-7-16-8-6-11/h5-8,10H,3-4,9H2,1-2H3,(H,15,17,18). The van der Waals surface area contributed by atoms with E-state index < -0.39 is 0 Å². The van der Waals surface area contributed by atoms with Crippen molar-refractivity contribution in [2.24, 2.45) is 0 Å². The van der Waals surface area contributed by atoms with Gasteiger partial charge in [0, 0.05) is 37.6 Å². The van der Waals surface area contributed by atoms with Crippen molar-refractivity contribution in [3.8, 4) is 0 Å². The second-order valence-corrected chi connectivity index (χ2v) is 4.19. The smallest absolute Gasteiger partial charge is 0.135 e. The first kappa shape index (κ1) is 12.5. The van der Waals surface area contributed by atoms with E-state index in [1.807, 2.05) is 25.2 Å². The molecule has 0 radical (unpaired) electrons. The summed E-state index contributed by atoms with van der Waals surface area (Å²) in [6, 6.07) is 6.00. The van der Waals surface area contributed by atoms with E-state index in [0.717, 1.165) is 36.6 Å². The summed E-state index contributed by atoms with van der Waals surface area (Å²) in [5.74, 6) is 1.74. The molecule has 94 valence electrons. The molecule has 0 amide bonds. The molecule has 0 spiro atoms. The number of aromatic nitrogens is 3. The average molecular weight is 242 g/mol. The zero-order valence-corrected chi connectivity index (χ0v) is 10.8. The summed E-state index contributed by atoms with van der Waals surface area (Å²) in [7, 11) is 1.88. The van der Waals surface area contributed by atoms with Crippen LogP contribution in [-0.4, -0.2) is 22.0 Å². The maximum Gasteiger partial charge on any atom is 0.135 e. The van der Waals surface area contributed by atoms with Crippen molar-refractivity contribution in [3.05, 3.63) is 47.7 Å². The third-order valence-corrected chi connectivity index (χ3v) is 2.70. The van der Waals surface area contributed by atoms with Crippen LogP contribution >= 0.6 is 0 Å². The van der Waals surface area contributed by atoms with Crippen molar-refractivity contribution >= 4 is 5.82 Å². The second-order valence-electron chi connectivity index (χ2n) is 4.19. The number of anilines is 1. The number of pyridine rings is 1. The highest BCUT2D eigenvalue weighted by atomic mass is 15.0. The van der Waals surface area contributed by atoms with Gasteiger partial charge >= 0.3 is 0 Å². The van der Waals surface area contributed by atoms with Crippen molar-refractivity contribution < 1.29 is 0 Å². The Morgan fingerprint density at radius 2 is 1.94 bits per heavy atom. The molecule has 0 saturated carbocycles. The first-order chi connectivity index (χ1) is 8.81. The molecule has 4 heteroatoms. The molecule has 2 aromatic heterocycles. The van der Waals surface area contributed by atoms with Crippen molar-refractivity contribution in [1.29, 1.82) is 0 Å². The highest BCUT2D eigenvalue weighted by Crippen LogP contribution is 2.11. The van der Waals surface area contributed by atoms with Gasteiger partial charge in [-0.25, -0.2) is 9.97 Å². The quantitative estimate of drug-likeness (QED) is 0.875. The maximum absolute atomic E-state index is 4.59. The highest BCUT2D eigenvalue weighted by Gasteiger charge is 2.04. The molecule has 4 nitrogen and oxygen atoms in total. The van der Waals surface area contributed by atoms with Gasteiger partial charge in [-0.05, 0) is 24.1 Å². The summed E-state index contributed by atoms with van der Waals surface area (Å²) in [4.78, 5) is 13.1. The third-order valence-electron chi connectivity index (χ3n) is 2.70. The highest BCUT2D eigenvalue weighted by molar-refractivity contribution is 5.36. The number of hydrogen-bond acceptors (Lipinski definition) is 4. The Labute approximate surface area is 108 Å². The van der Waals surface area contributed by atoms with Gasteiger partial charge in [0.25, 0.3) is 0 Å². The minimum absolute atomic E-state index is 0.745. The lowest BCUT2D eigenvalue weighted by Gasteiger charge is -2.07. The van der Waals surface area contributed by atoms with E-state index in [-0.39, 0.29) is 0 Å². The molecule has 0 unspecified atom stereocenters. The SMILES string of the molecule is CCCc1cc(NC)nc(Cc2ccncc2)n1. The van der Waals surface area contributed by atoms with Gasteiger partial charge in [-0.1, -0.05) is 13.3 Å². The predicted molar refractivity (Wildman–Crippen MR) is 72.6 cm³/mol. The molecule has 0 bridgehead atoms. The molecule has 0 atom stereocenters. The minimum atomic E-state index is 0.745. The first-order valence-electron chi connectivity index (χ1n) is 6.25. The fraction of sp³-hybridized carbons (Fsp3) is 0.357. The summed E-state index contributed by atoms with van der Waals surface area (Å²) in [6.45, 7) is 2.16. The number of hydrogen-bond donors (Lipinski definition) is 1. The molecule has 0 aromatic carbocycles. The number of rotatable bonds is 5. The van der Waals surface area contributed by atoms with Crippen LogP contribution in [0.1, 0.15) is 30.4 Å². The van der Waals surface area contributed by atoms with Crippen LogP contribution in [0.3, 0.4) is 0 Å². The molecule has 2 rings (SSSR count). The molecule has 0 aliphatic rings. The summed E-state index contributed by atoms with van der Waals surface area (Å²) in [5.41, 5.74) is 2.28. The third kappa shape index (κ3) is 3.26. The number of nitrogens with one attached hydrogen (secondary N) is 1. The molecule has 0 saturated heterocycles. The summed E-state index contributed by atoms with van der Waals surface area (Å²) < 4.78 is 0. The van der Waals surface area contributed by atoms with Crippen LogP contribution in [0, 0.1) is 0 Å². The first-order valence-corrected chi connectivity index (χ1v) is 6.25. The topological polar surface area (TPSA) is 50.7 Å². The Hall–Kier alpha value is -1.97. The van der Waals surface area contributed by atoms with Crippen LogP contribution in [0.15, 0.2) is 30.6 Å². The van der Waals surface area contributed by atoms with Crippen LogP contribution in [0.2, 0.25) is 0 Å². The fourth-order valence-electron chi connectivity index (χ4n) is 1.83. The van der Waals surface area contributed by atoms with Gasteiger partial charge in [0.05, 0.1) is 0 Å². The number of aryl methyl sites for hydroxylation is 1. The average Bonchev–Trinajstić information content (AvgIpc) is 2.40. The van der Waals surface area contributed by atoms with Crippen molar-refractivity contribution in [2.45, 2.75) is 26.2 Å². The zero-order valence-electron chi connectivity index (χ0n) is 10.8. The van der Waals surface area contributed by atoms with E-state index >= 15 is 0 Å². The Morgan fingerprint density at radius 1 is 1.17 bits per heavy atom. The normalized spacial score (nSPS) is 10.3. The molecule has 2 aromatic rings. The lowest BCUT2D eigenvalue weighted by Crippen LogP contribution is -2.04. The van der Waals surface area contributed by atoms with E-state index in [9.17, 15) is 0 Å². The van der Waals surface area contributed by atoms with E-state index in [0.29, 0.717) is 0 Å². The molecular weight excluding hydrogens is 224 g/mol. The Bertz CT molecular complexity index is 496. The van der Waals surface area contributed by atoms with Gasteiger partial charge in [-0.2, -0.15) is 0 Å². The molecule has 2 heterocycles. The molecule has 1 N–H and O–H groups in total. The Morgan fingerprint density at radius 3 is 2.61 bits per heavy atom. The van der Waals surface area contributed by atoms with Gasteiger partial charge < -0.3 is 5.32 Å². The molecule has 0 fully saturated rings. The zero-order chi connectivity index (χ0) is 12.8. The van der Waals surface area contributed by atoms with Crippen LogP contribution < -0.4 is 5.32 Å². The van der Waals surface area contributed by atoms with E-state index in [2.05, 4.69) is 27.2 Å². The van der Waals surface area contributed by atoms with Crippen molar-refractivity contribution in [1.82, 2.24) is 15.0 Å². The predicted octanol–water partition coefficient (Wildman–Crippen LogP) is 2.46. The second kappa shape index (κ2) is 6.10. The van der Waals surface area contributed by atoms with Gasteiger partial charge in [0.2, 0.25) is 0 Å². The number of nitrogens with zero attached hydrogens (tertiary/aromatic N) is 3. The van der Waals surface area contributed by atoms with Gasteiger partial charge in [-0.3, -0.25) is 4.98 Å². The van der Waals surface area contributed by atoms with Crippen LogP contribution in [0.25, 0.3) is 0 Å². The molecule has 0 aliphatic carbocycles. The molecular formula is C14H18N4. The largest absolute Gasteiger partial charge is 0.373 e. The van der Waals surface area contributed by atoms with E-state index in [4.69, 9.17) is 0 Å². The lowest BCUT2D eigenvalue weighted by atomic mass is 10.2. The minimum Gasteiger partial charge on any atom is -0.373 e. The van der Waals surface area contributed by atoms with Crippen molar-refractivity contribution in [2.75, 3.05) is 12.4 Å². The van der Waals surface area contributed by atoms with Crippen LogP contribution in [0.5, 0.6) is 0 Å². The monoisotopic (exact) mass is 242 g/mol. The summed E-state index contributed by atoms with van der Waals surface area (Å²) in [5, 5.41) is 3.09. The van der Waals surface area contributed by atoms with E-state index in [1.54, 1.807) is 12.4 Å². The van der Waals surface area contributed by atoms with Crippen LogP contribution in [0.4, 0.5) is 5.82 Å². The Balaban J connectivity index is 2.24. The summed E-state index contributed by atoms with van der Waals surface area (Å²) in [6.07, 6.45) is 6.42. The van der Waals surface area contributed by atoms with E-state index in [1.165, 1.54) is 5.56 Å².